The van der Waals surface area contributed by atoms with Gasteiger partial charge in [0.2, 0.25) is 0 Å². The number of aliphatic hydroxyl groups is 1. The first-order valence-electron chi connectivity index (χ1n) is 5.90. The molecule has 0 bridgehead atoms. The van der Waals surface area contributed by atoms with Crippen LogP contribution < -0.4 is 10.6 Å². The molecule has 18 heavy (non-hydrogen) atoms. The summed E-state index contributed by atoms with van der Waals surface area (Å²) in [5.41, 5.74) is 6.97. The summed E-state index contributed by atoms with van der Waals surface area (Å²) in [6.07, 6.45) is 0. The van der Waals surface area contributed by atoms with Crippen molar-refractivity contribution in [1.82, 2.24) is 4.98 Å². The van der Waals surface area contributed by atoms with E-state index in [1.165, 1.54) is 0 Å². The Balaban J connectivity index is 2.33. The highest BCUT2D eigenvalue weighted by molar-refractivity contribution is 5.95. The predicted octanol–water partition coefficient (Wildman–Crippen LogP) is -0.128. The van der Waals surface area contributed by atoms with E-state index >= 15 is 0 Å². The lowest BCUT2D eigenvalue weighted by molar-refractivity contribution is 0.0723. The number of aryl methyl sites for hydroxylation is 1. The number of anilines is 1. The van der Waals surface area contributed by atoms with Crippen molar-refractivity contribution in [2.24, 2.45) is 5.73 Å². The van der Waals surface area contributed by atoms with Crippen LogP contribution in [-0.4, -0.2) is 48.3 Å². The minimum Gasteiger partial charge on any atom is -0.394 e. The van der Waals surface area contributed by atoms with Crippen LogP contribution in [0, 0.1) is 12.3 Å². The van der Waals surface area contributed by atoms with Crippen LogP contribution in [0.1, 0.15) is 11.3 Å². The van der Waals surface area contributed by atoms with E-state index in [0.29, 0.717) is 25.3 Å². The molecule has 6 heteroatoms. The van der Waals surface area contributed by atoms with Crippen LogP contribution in [0.2, 0.25) is 0 Å². The van der Waals surface area contributed by atoms with Crippen molar-refractivity contribution in [2.45, 2.75) is 13.0 Å². The number of pyridine rings is 1. The van der Waals surface area contributed by atoms with Gasteiger partial charge in [-0.15, -0.1) is 0 Å². The van der Waals surface area contributed by atoms with Crippen LogP contribution in [0.5, 0.6) is 0 Å². The molecule has 2 heterocycles. The Hall–Kier alpha value is -1.66. The summed E-state index contributed by atoms with van der Waals surface area (Å²) in [6.45, 7) is 3.66. The fourth-order valence-corrected chi connectivity index (χ4v) is 2.06. The number of aromatic nitrogens is 1. The smallest absolute Gasteiger partial charge is 0.130 e. The lowest BCUT2D eigenvalue weighted by Gasteiger charge is -2.35. The second kappa shape index (κ2) is 5.32. The summed E-state index contributed by atoms with van der Waals surface area (Å²) in [4.78, 5) is 6.45. The minimum absolute atomic E-state index is 0.0189. The lowest BCUT2D eigenvalue weighted by Crippen LogP contribution is -2.48. The van der Waals surface area contributed by atoms with Gasteiger partial charge in [0.15, 0.2) is 0 Å². The van der Waals surface area contributed by atoms with Gasteiger partial charge in [0, 0.05) is 17.8 Å². The maximum Gasteiger partial charge on any atom is 0.130 e. The molecule has 4 N–H and O–H groups in total. The zero-order valence-corrected chi connectivity index (χ0v) is 10.4. The highest BCUT2D eigenvalue weighted by Crippen LogP contribution is 2.19. The molecule has 1 aromatic heterocycles. The first-order chi connectivity index (χ1) is 8.61. The average Bonchev–Trinajstić information content (AvgIpc) is 2.38. The Kier molecular flexibility index (Phi) is 3.78. The van der Waals surface area contributed by atoms with Crippen LogP contribution >= 0.6 is 0 Å². The number of aliphatic hydroxyl groups excluding tert-OH is 1. The zero-order chi connectivity index (χ0) is 13.1. The standard InChI is InChI=1S/C12H18N4O2/c1-8-4-9(12(13)14)5-11(15-8)16-2-3-18-7-10(16)6-17/h4-5,10,17H,2-3,6-7H2,1H3,(H3,13,14). The lowest BCUT2D eigenvalue weighted by atomic mass is 10.1. The Labute approximate surface area is 106 Å². The second-order valence-corrected chi connectivity index (χ2v) is 4.37. The average molecular weight is 250 g/mol. The van der Waals surface area contributed by atoms with E-state index in [9.17, 15) is 5.11 Å². The number of morpholine rings is 1. The molecule has 0 radical (unpaired) electrons. The molecular weight excluding hydrogens is 232 g/mol. The first kappa shape index (κ1) is 12.8. The van der Waals surface area contributed by atoms with Gasteiger partial charge >= 0.3 is 0 Å². The van der Waals surface area contributed by atoms with Gasteiger partial charge in [-0.1, -0.05) is 0 Å². The van der Waals surface area contributed by atoms with Crippen LogP contribution in [0.4, 0.5) is 5.82 Å². The first-order valence-corrected chi connectivity index (χ1v) is 5.90. The SMILES string of the molecule is Cc1cc(C(=N)N)cc(N2CCOCC2CO)n1. The Morgan fingerprint density at radius 3 is 3.11 bits per heavy atom. The highest BCUT2D eigenvalue weighted by atomic mass is 16.5. The van der Waals surface area contributed by atoms with Crippen molar-refractivity contribution in [3.8, 4) is 0 Å². The molecule has 1 fully saturated rings. The van der Waals surface area contributed by atoms with Crippen LogP contribution in [0.25, 0.3) is 0 Å². The third-order valence-corrected chi connectivity index (χ3v) is 2.98. The maximum atomic E-state index is 9.35. The number of nitrogens with one attached hydrogen (secondary N) is 1. The summed E-state index contributed by atoms with van der Waals surface area (Å²) in [7, 11) is 0. The molecule has 1 unspecified atom stereocenters. The number of nitrogens with two attached hydrogens (primary N) is 1. The van der Waals surface area contributed by atoms with Gasteiger partial charge in [0.25, 0.3) is 0 Å². The van der Waals surface area contributed by atoms with Crippen LogP contribution in [0.3, 0.4) is 0 Å². The normalized spacial score (nSPS) is 19.9. The molecular formula is C12H18N4O2. The highest BCUT2D eigenvalue weighted by Gasteiger charge is 2.24. The predicted molar refractivity (Wildman–Crippen MR) is 69.0 cm³/mol. The van der Waals surface area contributed by atoms with E-state index < -0.39 is 0 Å². The van der Waals surface area contributed by atoms with Gasteiger partial charge in [0.05, 0.1) is 25.9 Å². The summed E-state index contributed by atoms with van der Waals surface area (Å²) < 4.78 is 5.34. The molecule has 1 aromatic rings. The third-order valence-electron chi connectivity index (χ3n) is 2.98. The fraction of sp³-hybridized carbons (Fsp3) is 0.500. The number of amidine groups is 1. The van der Waals surface area contributed by atoms with Crippen molar-refractivity contribution in [2.75, 3.05) is 31.3 Å². The van der Waals surface area contributed by atoms with E-state index in [1.807, 2.05) is 11.8 Å². The number of hydrogen-bond donors (Lipinski definition) is 3. The number of nitrogens with zero attached hydrogens (tertiary/aromatic N) is 2. The molecule has 1 aliphatic rings. The number of rotatable bonds is 3. The van der Waals surface area contributed by atoms with Crippen molar-refractivity contribution in [3.63, 3.8) is 0 Å². The van der Waals surface area contributed by atoms with Crippen LogP contribution in [0.15, 0.2) is 12.1 Å². The van der Waals surface area contributed by atoms with Gasteiger partial charge in [-0.05, 0) is 19.1 Å². The quantitative estimate of drug-likeness (QED) is 0.513. The molecule has 0 spiro atoms. The molecule has 0 amide bonds. The molecule has 0 aromatic carbocycles. The maximum absolute atomic E-state index is 9.35. The zero-order valence-electron chi connectivity index (χ0n) is 10.4. The summed E-state index contributed by atoms with van der Waals surface area (Å²) in [6, 6.07) is 3.47. The largest absolute Gasteiger partial charge is 0.394 e. The fourth-order valence-electron chi connectivity index (χ4n) is 2.06. The molecule has 0 saturated carbocycles. The molecule has 6 nitrogen and oxygen atoms in total. The summed E-state index contributed by atoms with van der Waals surface area (Å²) in [5, 5.41) is 16.8. The van der Waals surface area contributed by atoms with E-state index in [0.717, 1.165) is 11.5 Å². The Morgan fingerprint density at radius 2 is 2.44 bits per heavy atom. The number of ether oxygens (including phenoxy) is 1. The van der Waals surface area contributed by atoms with E-state index in [-0.39, 0.29) is 18.5 Å². The Bertz CT molecular complexity index is 450. The van der Waals surface area contributed by atoms with E-state index in [4.69, 9.17) is 15.9 Å². The Morgan fingerprint density at radius 1 is 1.67 bits per heavy atom. The van der Waals surface area contributed by atoms with Gasteiger partial charge in [-0.2, -0.15) is 0 Å². The number of hydrogen-bond acceptors (Lipinski definition) is 5. The van der Waals surface area contributed by atoms with Gasteiger partial charge < -0.3 is 20.5 Å². The molecule has 1 saturated heterocycles. The van der Waals surface area contributed by atoms with Crippen LogP contribution in [-0.2, 0) is 4.74 Å². The molecule has 98 valence electrons. The second-order valence-electron chi connectivity index (χ2n) is 4.37. The minimum atomic E-state index is -0.0899. The summed E-state index contributed by atoms with van der Waals surface area (Å²) in [5.74, 6) is 0.762. The topological polar surface area (TPSA) is 95.5 Å². The van der Waals surface area contributed by atoms with Gasteiger partial charge in [-0.25, -0.2) is 4.98 Å². The molecule has 2 rings (SSSR count). The molecule has 1 aliphatic heterocycles. The van der Waals surface area contributed by atoms with E-state index in [2.05, 4.69) is 4.98 Å². The van der Waals surface area contributed by atoms with Crippen molar-refractivity contribution >= 4 is 11.7 Å². The molecule has 1 atom stereocenters. The monoisotopic (exact) mass is 250 g/mol. The van der Waals surface area contributed by atoms with Crippen molar-refractivity contribution in [3.05, 3.63) is 23.4 Å². The number of nitrogen functional groups attached to an aromatic ring is 1. The van der Waals surface area contributed by atoms with Crippen molar-refractivity contribution in [1.29, 1.82) is 5.41 Å². The van der Waals surface area contributed by atoms with E-state index in [1.54, 1.807) is 12.1 Å². The van der Waals surface area contributed by atoms with Crippen molar-refractivity contribution < 1.29 is 9.84 Å². The summed E-state index contributed by atoms with van der Waals surface area (Å²) >= 11 is 0. The van der Waals surface area contributed by atoms with Gasteiger partial charge in [-0.3, -0.25) is 5.41 Å². The third kappa shape index (κ3) is 2.60. The molecule has 0 aliphatic carbocycles. The van der Waals surface area contributed by atoms with Gasteiger partial charge in [0.1, 0.15) is 11.7 Å².